The Labute approximate surface area is 304 Å². The van der Waals surface area contributed by atoms with Crippen LogP contribution in [0.3, 0.4) is 0 Å². The summed E-state index contributed by atoms with van der Waals surface area (Å²) in [6, 6.07) is 28.0. The Hall–Kier alpha value is -4.64. The lowest BCUT2D eigenvalue weighted by molar-refractivity contribution is 0.0696. The van der Waals surface area contributed by atoms with E-state index in [2.05, 4.69) is 101 Å². The fourth-order valence-corrected chi connectivity index (χ4v) is 8.23. The number of nitrogens with zero attached hydrogens (tertiary/aromatic N) is 2. The molecule has 7 rings (SSSR count). The van der Waals surface area contributed by atoms with Crippen LogP contribution in [0.5, 0.6) is 0 Å². The number of fused-ring (bicyclic) bond motifs is 2. The molecule has 0 saturated carbocycles. The van der Waals surface area contributed by atoms with Gasteiger partial charge in [0.15, 0.2) is 0 Å². The zero-order valence-electron chi connectivity index (χ0n) is 31.3. The number of aromatic nitrogens is 1. The van der Waals surface area contributed by atoms with E-state index in [0.717, 1.165) is 36.3 Å². The number of allylic oxidation sites excluding steroid dienone is 4. The summed E-state index contributed by atoms with van der Waals surface area (Å²) in [7, 11) is 0. The second kappa shape index (κ2) is 14.9. The number of benzene rings is 3. The number of para-hydroxylation sites is 1. The van der Waals surface area contributed by atoms with Gasteiger partial charge in [-0.15, -0.1) is 0 Å². The van der Waals surface area contributed by atoms with Gasteiger partial charge in [0.25, 0.3) is 5.91 Å². The minimum Gasteiger partial charge on any atom is -0.478 e. The number of amides is 1. The molecule has 2 unspecified atom stereocenters. The second-order valence-corrected chi connectivity index (χ2v) is 16.6. The number of carboxylic acid groups (broad SMARTS) is 1. The number of rotatable bonds is 4. The van der Waals surface area contributed by atoms with Gasteiger partial charge in [-0.3, -0.25) is 4.79 Å². The van der Waals surface area contributed by atoms with Crippen LogP contribution in [0.25, 0.3) is 11.1 Å². The van der Waals surface area contributed by atoms with E-state index in [-0.39, 0.29) is 16.7 Å². The van der Waals surface area contributed by atoms with Crippen LogP contribution in [0.15, 0.2) is 103 Å². The third-order valence-electron chi connectivity index (χ3n) is 11.0. The van der Waals surface area contributed by atoms with Crippen molar-refractivity contribution in [3.63, 3.8) is 0 Å². The lowest BCUT2D eigenvalue weighted by Crippen LogP contribution is -2.30. The van der Waals surface area contributed by atoms with Gasteiger partial charge in [0.1, 0.15) is 0 Å². The molecule has 0 fully saturated rings. The minimum atomic E-state index is -0.864. The topological polar surface area (TPSA) is 62.5 Å². The number of carboxylic acids is 1. The van der Waals surface area contributed by atoms with Crippen molar-refractivity contribution in [3.8, 4) is 0 Å². The summed E-state index contributed by atoms with van der Waals surface area (Å²) < 4.78 is 2.23. The van der Waals surface area contributed by atoms with Crippen LogP contribution >= 0.6 is 0 Å². The first-order valence-electron chi connectivity index (χ1n) is 18.7. The molecule has 2 heterocycles. The molecule has 5 nitrogen and oxygen atoms in total. The SMILES string of the molecule is CC(C)(C)C1CCCC=C1c1ccc(C(=O)N2Cc3cccn3Cc3ccccc32)cc1.CC(C)(C)C1CCCC=C1c1ccc(C(=O)O)cc1. The number of carbonyl (C=O) groups excluding carboxylic acids is 1. The van der Waals surface area contributed by atoms with E-state index in [1.807, 2.05) is 41.3 Å². The summed E-state index contributed by atoms with van der Waals surface area (Å²) in [4.78, 5) is 26.5. The van der Waals surface area contributed by atoms with E-state index < -0.39 is 5.97 Å². The molecule has 2 atom stereocenters. The molecule has 1 aromatic heterocycles. The molecule has 1 amide bonds. The van der Waals surface area contributed by atoms with Crippen molar-refractivity contribution < 1.29 is 14.7 Å². The smallest absolute Gasteiger partial charge is 0.335 e. The molecular formula is C46H54N2O3. The Morgan fingerprint density at radius 1 is 0.647 bits per heavy atom. The zero-order chi connectivity index (χ0) is 36.3. The van der Waals surface area contributed by atoms with Gasteiger partial charge in [-0.2, -0.15) is 0 Å². The second-order valence-electron chi connectivity index (χ2n) is 16.6. The Morgan fingerprint density at radius 2 is 1.18 bits per heavy atom. The number of carbonyl (C=O) groups is 2. The van der Waals surface area contributed by atoms with E-state index in [9.17, 15) is 9.59 Å². The van der Waals surface area contributed by atoms with Crippen LogP contribution in [0.1, 0.15) is 123 Å². The third-order valence-corrected chi connectivity index (χ3v) is 11.0. The van der Waals surface area contributed by atoms with Crippen molar-refractivity contribution in [3.05, 3.63) is 137 Å². The van der Waals surface area contributed by atoms with Gasteiger partial charge in [-0.1, -0.05) is 96.2 Å². The molecule has 0 saturated heterocycles. The van der Waals surface area contributed by atoms with Crippen molar-refractivity contribution in [2.75, 3.05) is 4.90 Å². The molecule has 5 heteroatoms. The average Bonchev–Trinajstić information content (AvgIpc) is 3.50. The van der Waals surface area contributed by atoms with Gasteiger partial charge in [0.05, 0.1) is 12.1 Å². The van der Waals surface area contributed by atoms with Crippen molar-refractivity contribution >= 4 is 28.7 Å². The van der Waals surface area contributed by atoms with Crippen LogP contribution in [-0.4, -0.2) is 21.6 Å². The number of hydrogen-bond donors (Lipinski definition) is 1. The molecule has 3 aliphatic rings. The fourth-order valence-electron chi connectivity index (χ4n) is 8.23. The van der Waals surface area contributed by atoms with Crippen LogP contribution in [0.4, 0.5) is 5.69 Å². The van der Waals surface area contributed by atoms with Crippen LogP contribution < -0.4 is 4.90 Å². The third kappa shape index (κ3) is 8.14. The summed E-state index contributed by atoms with van der Waals surface area (Å²) in [5, 5.41) is 8.95. The minimum absolute atomic E-state index is 0.0589. The first kappa shape index (κ1) is 36.2. The molecule has 4 aromatic rings. The summed E-state index contributed by atoms with van der Waals surface area (Å²) in [5.41, 5.74) is 10.2. The number of aromatic carboxylic acids is 1. The summed E-state index contributed by atoms with van der Waals surface area (Å²) in [6.45, 7) is 15.2. The Bertz CT molecular complexity index is 1910. The summed E-state index contributed by atoms with van der Waals surface area (Å²) in [6.07, 6.45) is 14.1. The first-order chi connectivity index (χ1) is 24.3. The Kier molecular flexibility index (Phi) is 10.6. The fraction of sp³-hybridized carbons (Fsp3) is 0.391. The maximum absolute atomic E-state index is 13.7. The molecule has 0 bridgehead atoms. The van der Waals surface area contributed by atoms with Crippen LogP contribution in [-0.2, 0) is 13.1 Å². The maximum atomic E-state index is 13.7. The van der Waals surface area contributed by atoms with E-state index in [1.54, 1.807) is 12.1 Å². The van der Waals surface area contributed by atoms with E-state index in [1.165, 1.54) is 53.5 Å². The molecule has 0 radical (unpaired) electrons. The van der Waals surface area contributed by atoms with Crippen molar-refractivity contribution in [1.29, 1.82) is 0 Å². The van der Waals surface area contributed by atoms with Crippen molar-refractivity contribution in [2.45, 2.75) is 93.2 Å². The molecule has 2 aliphatic carbocycles. The molecule has 0 spiro atoms. The number of hydrogen-bond acceptors (Lipinski definition) is 2. The molecule has 266 valence electrons. The maximum Gasteiger partial charge on any atom is 0.335 e. The standard InChI is InChI=1S/C29H32N2O.C17H22O2/c1-29(2,3)26-12-6-5-11-25(26)21-14-16-22(17-15-21)28(32)31-20-24-10-8-18-30(24)19-23-9-4-7-13-27(23)31;1-17(2,3)15-7-5-4-6-14(15)12-8-10-13(11-9-12)16(18)19/h4,7-11,13-18,26H,5-6,12,19-20H2,1-3H3;6,8-11,15H,4-5,7H2,1-3H3,(H,18,19). The first-order valence-corrected chi connectivity index (χ1v) is 18.7. The molecular weight excluding hydrogens is 629 g/mol. The average molecular weight is 683 g/mol. The normalized spacial score (nSPS) is 19.0. The lowest BCUT2D eigenvalue weighted by Gasteiger charge is -2.35. The zero-order valence-corrected chi connectivity index (χ0v) is 31.3. The molecule has 1 N–H and O–H groups in total. The monoisotopic (exact) mass is 682 g/mol. The number of anilines is 1. The highest BCUT2D eigenvalue weighted by atomic mass is 16.4. The van der Waals surface area contributed by atoms with Crippen molar-refractivity contribution in [2.24, 2.45) is 22.7 Å². The summed E-state index contributed by atoms with van der Waals surface area (Å²) in [5.74, 6) is 0.306. The largest absolute Gasteiger partial charge is 0.478 e. The van der Waals surface area contributed by atoms with E-state index in [4.69, 9.17) is 5.11 Å². The van der Waals surface area contributed by atoms with E-state index >= 15 is 0 Å². The van der Waals surface area contributed by atoms with Crippen LogP contribution in [0, 0.1) is 22.7 Å². The predicted octanol–water partition coefficient (Wildman–Crippen LogP) is 11.5. The van der Waals surface area contributed by atoms with Gasteiger partial charge in [-0.25, -0.2) is 4.79 Å². The van der Waals surface area contributed by atoms with Gasteiger partial charge in [-0.05, 0) is 131 Å². The van der Waals surface area contributed by atoms with Gasteiger partial charge < -0.3 is 14.6 Å². The summed E-state index contributed by atoms with van der Waals surface area (Å²) >= 11 is 0. The van der Waals surface area contributed by atoms with Crippen LogP contribution in [0.2, 0.25) is 0 Å². The molecule has 3 aromatic carbocycles. The van der Waals surface area contributed by atoms with Gasteiger partial charge >= 0.3 is 5.97 Å². The predicted molar refractivity (Wildman–Crippen MR) is 210 cm³/mol. The highest BCUT2D eigenvalue weighted by Crippen LogP contribution is 2.44. The van der Waals surface area contributed by atoms with E-state index in [0.29, 0.717) is 23.9 Å². The van der Waals surface area contributed by atoms with Gasteiger partial charge in [0.2, 0.25) is 0 Å². The Morgan fingerprint density at radius 3 is 1.71 bits per heavy atom. The van der Waals surface area contributed by atoms with Crippen molar-refractivity contribution in [1.82, 2.24) is 4.57 Å². The Balaban J connectivity index is 0.000000202. The lowest BCUT2D eigenvalue weighted by atomic mass is 9.69. The highest BCUT2D eigenvalue weighted by molar-refractivity contribution is 6.06. The quantitative estimate of drug-likeness (QED) is 0.233. The van der Waals surface area contributed by atoms with Gasteiger partial charge in [0, 0.05) is 29.7 Å². The molecule has 51 heavy (non-hydrogen) atoms. The molecule has 1 aliphatic heterocycles. The highest BCUT2D eigenvalue weighted by Gasteiger charge is 2.32.